The summed E-state index contributed by atoms with van der Waals surface area (Å²) in [4.78, 5) is 11.7. The fraction of sp³-hybridized carbons (Fsp3) is 0.385. The summed E-state index contributed by atoms with van der Waals surface area (Å²) < 4.78 is 5.23. The topological polar surface area (TPSA) is 50.7 Å². The van der Waals surface area contributed by atoms with E-state index in [9.17, 15) is 4.79 Å². The third-order valence-corrected chi connectivity index (χ3v) is 2.99. The second kappa shape index (κ2) is 4.20. The van der Waals surface area contributed by atoms with Crippen molar-refractivity contribution in [2.45, 2.75) is 20.3 Å². The molecule has 2 aliphatic rings. The Morgan fingerprint density at radius 2 is 2.24 bits per heavy atom. The van der Waals surface area contributed by atoms with Crippen LogP contribution >= 0.6 is 0 Å². The number of rotatable bonds is 2. The maximum Gasteiger partial charge on any atom is 0.251 e. The van der Waals surface area contributed by atoms with E-state index in [4.69, 9.17) is 4.74 Å². The molecule has 0 unspecified atom stereocenters. The van der Waals surface area contributed by atoms with Gasteiger partial charge in [0.2, 0.25) is 0 Å². The Hall–Kier alpha value is -1.84. The Morgan fingerprint density at radius 3 is 2.82 bits per heavy atom. The number of allylic oxidation sites excluding steroid dienone is 5. The average Bonchev–Trinajstić information content (AvgIpc) is 2.51. The van der Waals surface area contributed by atoms with Gasteiger partial charge in [0.1, 0.15) is 5.76 Å². The largest absolute Gasteiger partial charge is 0.497 e. The predicted octanol–water partition coefficient (Wildman–Crippen LogP) is 1.92. The van der Waals surface area contributed by atoms with Crippen molar-refractivity contribution in [1.82, 2.24) is 5.43 Å². The minimum Gasteiger partial charge on any atom is -0.497 e. The van der Waals surface area contributed by atoms with E-state index in [1.54, 1.807) is 7.11 Å². The van der Waals surface area contributed by atoms with Crippen molar-refractivity contribution >= 4 is 11.6 Å². The van der Waals surface area contributed by atoms with E-state index in [0.717, 1.165) is 23.5 Å². The molecular formula is C13H16N2O2. The molecule has 90 valence electrons. The van der Waals surface area contributed by atoms with Gasteiger partial charge in [0, 0.05) is 0 Å². The summed E-state index contributed by atoms with van der Waals surface area (Å²) in [6.07, 6.45) is 8.69. The van der Waals surface area contributed by atoms with Crippen LogP contribution in [-0.4, -0.2) is 18.7 Å². The minimum atomic E-state index is -0.592. The van der Waals surface area contributed by atoms with Crippen LogP contribution in [0.25, 0.3) is 0 Å². The van der Waals surface area contributed by atoms with Crippen LogP contribution in [0, 0.1) is 5.41 Å². The molecule has 17 heavy (non-hydrogen) atoms. The number of nitrogens with zero attached hydrogens (tertiary/aromatic N) is 1. The molecule has 0 aromatic carbocycles. The first kappa shape index (κ1) is 11.6. The van der Waals surface area contributed by atoms with Crippen LogP contribution in [0.15, 0.2) is 40.7 Å². The summed E-state index contributed by atoms with van der Waals surface area (Å²) in [5.74, 6) is 0.699. The zero-order valence-electron chi connectivity index (χ0n) is 10.3. The molecule has 1 aliphatic heterocycles. The highest BCUT2D eigenvalue weighted by Crippen LogP contribution is 2.29. The van der Waals surface area contributed by atoms with Crippen molar-refractivity contribution in [2.75, 3.05) is 7.11 Å². The highest BCUT2D eigenvalue weighted by Gasteiger charge is 2.39. The van der Waals surface area contributed by atoms with E-state index in [2.05, 4.69) is 10.5 Å². The summed E-state index contributed by atoms with van der Waals surface area (Å²) in [5.41, 5.74) is 3.64. The van der Waals surface area contributed by atoms with Crippen molar-refractivity contribution in [3.63, 3.8) is 0 Å². The number of ether oxygens (including phenoxy) is 1. The summed E-state index contributed by atoms with van der Waals surface area (Å²) >= 11 is 0. The fourth-order valence-electron chi connectivity index (χ4n) is 1.85. The molecule has 0 saturated heterocycles. The SMILES string of the molecule is COC1=CC(C2=NNC(=O)C2(C)C)=CCC=C1. The van der Waals surface area contributed by atoms with Gasteiger partial charge in [0.25, 0.3) is 5.91 Å². The minimum absolute atomic E-state index is 0.0713. The van der Waals surface area contributed by atoms with E-state index >= 15 is 0 Å². The summed E-state index contributed by atoms with van der Waals surface area (Å²) in [6.45, 7) is 3.74. The van der Waals surface area contributed by atoms with Crippen molar-refractivity contribution in [1.29, 1.82) is 0 Å². The van der Waals surface area contributed by atoms with E-state index < -0.39 is 5.41 Å². The van der Waals surface area contributed by atoms with Crippen LogP contribution in [0.2, 0.25) is 0 Å². The maximum absolute atomic E-state index is 11.7. The van der Waals surface area contributed by atoms with Gasteiger partial charge < -0.3 is 4.74 Å². The number of carbonyl (C=O) groups excluding carboxylic acids is 1. The Morgan fingerprint density at radius 1 is 1.47 bits per heavy atom. The average molecular weight is 232 g/mol. The quantitative estimate of drug-likeness (QED) is 0.790. The van der Waals surface area contributed by atoms with Gasteiger partial charge in [-0.05, 0) is 38.0 Å². The number of hydrogen-bond donors (Lipinski definition) is 1. The van der Waals surface area contributed by atoms with E-state index in [1.807, 2.05) is 38.2 Å². The van der Waals surface area contributed by atoms with Crippen LogP contribution in [0.1, 0.15) is 20.3 Å². The first-order valence-electron chi connectivity index (χ1n) is 5.57. The molecule has 0 fully saturated rings. The van der Waals surface area contributed by atoms with Crippen molar-refractivity contribution in [3.05, 3.63) is 35.6 Å². The Kier molecular flexibility index (Phi) is 2.88. The second-order valence-electron chi connectivity index (χ2n) is 4.57. The number of hydrazone groups is 1. The molecular weight excluding hydrogens is 216 g/mol. The highest BCUT2D eigenvalue weighted by molar-refractivity contribution is 6.20. The zero-order valence-corrected chi connectivity index (χ0v) is 10.3. The molecule has 0 saturated carbocycles. The molecule has 1 heterocycles. The highest BCUT2D eigenvalue weighted by atomic mass is 16.5. The smallest absolute Gasteiger partial charge is 0.251 e. The lowest BCUT2D eigenvalue weighted by Gasteiger charge is -2.17. The molecule has 4 heteroatoms. The molecule has 4 nitrogen and oxygen atoms in total. The normalized spacial score (nSPS) is 22.3. The number of carbonyl (C=O) groups is 1. The number of hydrogen-bond acceptors (Lipinski definition) is 3. The number of amides is 1. The van der Waals surface area contributed by atoms with Crippen LogP contribution in [0.5, 0.6) is 0 Å². The Labute approximate surface area is 101 Å². The lowest BCUT2D eigenvalue weighted by atomic mass is 9.83. The third-order valence-electron chi connectivity index (χ3n) is 2.99. The summed E-state index contributed by atoms with van der Waals surface area (Å²) in [5, 5.41) is 4.12. The van der Waals surface area contributed by atoms with Gasteiger partial charge >= 0.3 is 0 Å². The van der Waals surface area contributed by atoms with E-state index in [1.165, 1.54) is 0 Å². The molecule has 0 aromatic heterocycles. The second-order valence-corrected chi connectivity index (χ2v) is 4.57. The van der Waals surface area contributed by atoms with Gasteiger partial charge in [-0.1, -0.05) is 12.2 Å². The molecule has 1 amide bonds. The first-order chi connectivity index (χ1) is 8.05. The molecule has 0 aromatic rings. The molecule has 0 bridgehead atoms. The molecule has 0 atom stereocenters. The molecule has 1 aliphatic carbocycles. The van der Waals surface area contributed by atoms with Crippen molar-refractivity contribution in [3.8, 4) is 0 Å². The Bertz CT molecular complexity index is 468. The summed E-state index contributed by atoms with van der Waals surface area (Å²) in [6, 6.07) is 0. The number of nitrogens with one attached hydrogen (secondary N) is 1. The molecule has 0 spiro atoms. The Balaban J connectivity index is 2.36. The van der Waals surface area contributed by atoms with E-state index in [0.29, 0.717) is 0 Å². The van der Waals surface area contributed by atoms with Crippen molar-refractivity contribution in [2.24, 2.45) is 10.5 Å². The van der Waals surface area contributed by atoms with Gasteiger partial charge in [-0.3, -0.25) is 4.79 Å². The van der Waals surface area contributed by atoms with E-state index in [-0.39, 0.29) is 5.91 Å². The van der Waals surface area contributed by atoms with Crippen LogP contribution < -0.4 is 5.43 Å². The van der Waals surface area contributed by atoms with Crippen molar-refractivity contribution < 1.29 is 9.53 Å². The van der Waals surface area contributed by atoms with Gasteiger partial charge in [-0.25, -0.2) is 5.43 Å². The molecule has 2 rings (SSSR count). The van der Waals surface area contributed by atoms with Gasteiger partial charge in [0.15, 0.2) is 0 Å². The zero-order chi connectivity index (χ0) is 12.5. The standard InChI is InChI=1S/C13H16N2O2/c1-13(2)11(14-15-12(13)16)9-6-4-5-7-10(8-9)17-3/h5-8H,4H2,1-3H3,(H,15,16). The molecule has 1 N–H and O–H groups in total. The number of methoxy groups -OCH3 is 1. The lowest BCUT2D eigenvalue weighted by molar-refractivity contribution is -0.125. The third kappa shape index (κ3) is 2.02. The lowest BCUT2D eigenvalue weighted by Crippen LogP contribution is -2.32. The van der Waals surface area contributed by atoms with Gasteiger partial charge in [0.05, 0.1) is 18.2 Å². The monoisotopic (exact) mass is 232 g/mol. The van der Waals surface area contributed by atoms with Gasteiger partial charge in [-0.15, -0.1) is 0 Å². The van der Waals surface area contributed by atoms with Crippen LogP contribution in [0.3, 0.4) is 0 Å². The molecule has 0 radical (unpaired) electrons. The van der Waals surface area contributed by atoms with Crippen LogP contribution in [0.4, 0.5) is 0 Å². The summed E-state index contributed by atoms with van der Waals surface area (Å²) in [7, 11) is 1.63. The maximum atomic E-state index is 11.7. The van der Waals surface area contributed by atoms with Gasteiger partial charge in [-0.2, -0.15) is 5.10 Å². The fourth-order valence-corrected chi connectivity index (χ4v) is 1.85. The first-order valence-corrected chi connectivity index (χ1v) is 5.57. The van der Waals surface area contributed by atoms with Crippen LogP contribution in [-0.2, 0) is 9.53 Å². The predicted molar refractivity (Wildman–Crippen MR) is 66.3 cm³/mol.